The number of nitrogens with zero attached hydrogens (tertiary/aromatic N) is 2. The minimum Gasteiger partial charge on any atom is -0.465 e. The van der Waals surface area contributed by atoms with Gasteiger partial charge < -0.3 is 14.6 Å². The molecule has 0 fully saturated rings. The van der Waals surface area contributed by atoms with Gasteiger partial charge in [0.05, 0.1) is 6.61 Å². The molecule has 1 N–H and O–H groups in total. The highest BCUT2D eigenvalue weighted by atomic mass is 16.5. The first-order chi connectivity index (χ1) is 8.43. The van der Waals surface area contributed by atoms with Crippen molar-refractivity contribution < 1.29 is 9.53 Å². The number of aromatic nitrogens is 2. The van der Waals surface area contributed by atoms with Crippen LogP contribution in [0.15, 0.2) is 10.9 Å². The molecule has 0 atom stereocenters. The minimum atomic E-state index is -0.328. The van der Waals surface area contributed by atoms with Crippen molar-refractivity contribution in [2.75, 3.05) is 18.1 Å². The Morgan fingerprint density at radius 2 is 2.22 bits per heavy atom. The molecule has 0 radical (unpaired) electrons. The lowest BCUT2D eigenvalue weighted by molar-refractivity contribution is -0.141. The molecule has 0 bridgehead atoms. The van der Waals surface area contributed by atoms with E-state index in [1.165, 1.54) is 6.07 Å². The van der Waals surface area contributed by atoms with E-state index in [0.717, 1.165) is 0 Å². The molecule has 1 aromatic heterocycles. The van der Waals surface area contributed by atoms with Crippen molar-refractivity contribution >= 4 is 11.8 Å². The summed E-state index contributed by atoms with van der Waals surface area (Å²) in [5.41, 5.74) is -0.230. The number of ether oxygens (including phenoxy) is 1. The van der Waals surface area contributed by atoms with Crippen LogP contribution in [-0.4, -0.2) is 35.1 Å². The van der Waals surface area contributed by atoms with Crippen molar-refractivity contribution in [2.24, 2.45) is 0 Å². The molecule has 0 aliphatic carbocycles. The Bertz CT molecular complexity index is 468. The van der Waals surface area contributed by atoms with Crippen molar-refractivity contribution in [1.82, 2.24) is 9.97 Å². The molecule has 1 heterocycles. The first-order valence-corrected chi connectivity index (χ1v) is 5.94. The van der Waals surface area contributed by atoms with Gasteiger partial charge >= 0.3 is 5.97 Å². The Morgan fingerprint density at radius 1 is 1.56 bits per heavy atom. The Labute approximate surface area is 106 Å². The van der Waals surface area contributed by atoms with Crippen LogP contribution in [0.2, 0.25) is 0 Å². The first kappa shape index (κ1) is 14.2. The van der Waals surface area contributed by atoms with Gasteiger partial charge in [-0.15, -0.1) is 0 Å². The van der Waals surface area contributed by atoms with Crippen molar-refractivity contribution in [2.45, 2.75) is 33.7 Å². The standard InChI is InChI=1S/C12H19N3O3/c1-5-18-12(17)7-15(8(2)3)10-6-11(16)14-9(4)13-10/h6,8H,5,7H2,1-4H3,(H,13,14,16). The van der Waals surface area contributed by atoms with E-state index < -0.39 is 0 Å². The van der Waals surface area contributed by atoms with E-state index in [2.05, 4.69) is 9.97 Å². The van der Waals surface area contributed by atoms with E-state index in [1.807, 2.05) is 13.8 Å². The number of nitrogens with one attached hydrogen (secondary N) is 1. The molecule has 0 saturated carbocycles. The number of carbonyl (C=O) groups excluding carboxylic acids is 1. The second-order valence-corrected chi connectivity index (χ2v) is 4.22. The molecule has 6 heteroatoms. The Balaban J connectivity index is 2.97. The lowest BCUT2D eigenvalue weighted by Crippen LogP contribution is -2.38. The highest BCUT2D eigenvalue weighted by molar-refractivity contribution is 5.75. The second-order valence-electron chi connectivity index (χ2n) is 4.22. The fourth-order valence-electron chi connectivity index (χ4n) is 1.58. The fraction of sp³-hybridized carbons (Fsp3) is 0.583. The van der Waals surface area contributed by atoms with Crippen molar-refractivity contribution in [3.05, 3.63) is 22.2 Å². The average Bonchev–Trinajstić information content (AvgIpc) is 2.24. The zero-order valence-electron chi connectivity index (χ0n) is 11.2. The number of aromatic amines is 1. The summed E-state index contributed by atoms with van der Waals surface area (Å²) in [4.78, 5) is 31.5. The van der Waals surface area contributed by atoms with Gasteiger partial charge in [-0.05, 0) is 27.7 Å². The molecule has 6 nitrogen and oxygen atoms in total. The van der Waals surface area contributed by atoms with Crippen molar-refractivity contribution in [1.29, 1.82) is 0 Å². The Hall–Kier alpha value is -1.85. The number of aryl methyl sites for hydroxylation is 1. The van der Waals surface area contributed by atoms with E-state index in [9.17, 15) is 9.59 Å². The van der Waals surface area contributed by atoms with Gasteiger partial charge in [-0.2, -0.15) is 0 Å². The van der Waals surface area contributed by atoms with Crippen LogP contribution < -0.4 is 10.5 Å². The SMILES string of the molecule is CCOC(=O)CN(c1cc(=O)[nH]c(C)n1)C(C)C. The maximum absolute atomic E-state index is 11.5. The largest absolute Gasteiger partial charge is 0.465 e. The van der Waals surface area contributed by atoms with Crippen LogP contribution >= 0.6 is 0 Å². The number of esters is 1. The van der Waals surface area contributed by atoms with Gasteiger partial charge in [0.25, 0.3) is 5.56 Å². The lowest BCUT2D eigenvalue weighted by atomic mass is 10.3. The number of carbonyl (C=O) groups is 1. The number of hydrogen-bond acceptors (Lipinski definition) is 5. The summed E-state index contributed by atoms with van der Waals surface area (Å²) in [6.07, 6.45) is 0. The van der Waals surface area contributed by atoms with Crippen molar-refractivity contribution in [3.8, 4) is 0 Å². The molecule has 0 aliphatic rings. The van der Waals surface area contributed by atoms with Gasteiger partial charge in [0, 0.05) is 12.1 Å². The summed E-state index contributed by atoms with van der Waals surface area (Å²) in [7, 11) is 0. The van der Waals surface area contributed by atoms with Crippen molar-refractivity contribution in [3.63, 3.8) is 0 Å². The van der Waals surface area contributed by atoms with Crippen LogP contribution in [0, 0.1) is 6.92 Å². The maximum atomic E-state index is 11.5. The van der Waals surface area contributed by atoms with Crippen LogP contribution in [0.25, 0.3) is 0 Å². The summed E-state index contributed by atoms with van der Waals surface area (Å²) in [5, 5.41) is 0. The second kappa shape index (κ2) is 6.18. The fourth-order valence-corrected chi connectivity index (χ4v) is 1.58. The van der Waals surface area contributed by atoms with E-state index in [1.54, 1.807) is 18.7 Å². The molecule has 0 saturated heterocycles. The monoisotopic (exact) mass is 253 g/mol. The predicted molar refractivity (Wildman–Crippen MR) is 68.7 cm³/mol. The van der Waals surface area contributed by atoms with Gasteiger partial charge in [-0.1, -0.05) is 0 Å². The molecule has 100 valence electrons. The van der Waals surface area contributed by atoms with Gasteiger partial charge in [0.15, 0.2) is 0 Å². The summed E-state index contributed by atoms with van der Waals surface area (Å²) < 4.78 is 4.91. The molecule has 0 unspecified atom stereocenters. The molecule has 0 amide bonds. The smallest absolute Gasteiger partial charge is 0.325 e. The summed E-state index contributed by atoms with van der Waals surface area (Å²) in [6.45, 7) is 7.74. The number of anilines is 1. The van der Waals surface area contributed by atoms with Gasteiger partial charge in [0.2, 0.25) is 0 Å². The molecular weight excluding hydrogens is 234 g/mol. The number of H-pyrrole nitrogens is 1. The zero-order valence-corrected chi connectivity index (χ0v) is 11.2. The van der Waals surface area contributed by atoms with Gasteiger partial charge in [-0.3, -0.25) is 9.59 Å². The molecule has 18 heavy (non-hydrogen) atoms. The third-order valence-electron chi connectivity index (χ3n) is 2.37. The van der Waals surface area contributed by atoms with Crippen LogP contribution in [0.1, 0.15) is 26.6 Å². The van der Waals surface area contributed by atoms with E-state index >= 15 is 0 Å². The third-order valence-corrected chi connectivity index (χ3v) is 2.37. The molecule has 0 aromatic carbocycles. The third kappa shape index (κ3) is 3.87. The summed E-state index contributed by atoms with van der Waals surface area (Å²) >= 11 is 0. The van der Waals surface area contributed by atoms with E-state index in [-0.39, 0.29) is 24.1 Å². The molecule has 0 aliphatic heterocycles. The minimum absolute atomic E-state index is 0.0445. The topological polar surface area (TPSA) is 75.3 Å². The molecule has 0 spiro atoms. The zero-order chi connectivity index (χ0) is 13.7. The quantitative estimate of drug-likeness (QED) is 0.788. The van der Waals surface area contributed by atoms with Crippen LogP contribution in [0.5, 0.6) is 0 Å². The van der Waals surface area contributed by atoms with E-state index in [0.29, 0.717) is 18.2 Å². The average molecular weight is 253 g/mol. The molecule has 1 aromatic rings. The molecular formula is C12H19N3O3. The Morgan fingerprint density at radius 3 is 2.72 bits per heavy atom. The van der Waals surface area contributed by atoms with E-state index in [4.69, 9.17) is 4.74 Å². The van der Waals surface area contributed by atoms with Crippen LogP contribution in [0.4, 0.5) is 5.82 Å². The Kier molecular flexibility index (Phi) is 4.88. The van der Waals surface area contributed by atoms with Gasteiger partial charge in [0.1, 0.15) is 18.2 Å². The van der Waals surface area contributed by atoms with Crippen LogP contribution in [0.3, 0.4) is 0 Å². The maximum Gasteiger partial charge on any atom is 0.325 e. The highest BCUT2D eigenvalue weighted by Crippen LogP contribution is 2.11. The first-order valence-electron chi connectivity index (χ1n) is 5.94. The highest BCUT2D eigenvalue weighted by Gasteiger charge is 2.17. The predicted octanol–water partition coefficient (Wildman–Crippen LogP) is 0.856. The van der Waals surface area contributed by atoms with Crippen LogP contribution in [-0.2, 0) is 9.53 Å². The lowest BCUT2D eigenvalue weighted by Gasteiger charge is -2.26. The normalized spacial score (nSPS) is 10.5. The van der Waals surface area contributed by atoms with Gasteiger partial charge in [-0.25, -0.2) is 4.98 Å². The number of hydrogen-bond donors (Lipinski definition) is 1. The summed E-state index contributed by atoms with van der Waals surface area (Å²) in [5.74, 6) is 0.678. The number of rotatable bonds is 5. The summed E-state index contributed by atoms with van der Waals surface area (Å²) in [6, 6.07) is 1.43. The molecule has 1 rings (SSSR count).